The Labute approximate surface area is 101 Å². The first-order valence-electron chi connectivity index (χ1n) is 4.52. The molecule has 4 nitrogen and oxygen atoms in total. The number of thiazole rings is 1. The first-order chi connectivity index (χ1) is 7.79. The highest BCUT2D eigenvalue weighted by Crippen LogP contribution is 2.22. The number of amides is 1. The fourth-order valence-electron chi connectivity index (χ4n) is 1.12. The number of nitrogens with zero attached hydrogens (tertiary/aromatic N) is 2. The number of anilines is 1. The molecule has 0 radical (unpaired) electrons. The molecule has 0 spiro atoms. The first kappa shape index (κ1) is 11.0. The van der Waals surface area contributed by atoms with E-state index in [0.29, 0.717) is 5.13 Å². The second-order valence-electron chi connectivity index (χ2n) is 2.93. The van der Waals surface area contributed by atoms with Crippen molar-refractivity contribution in [3.8, 4) is 11.4 Å². The van der Waals surface area contributed by atoms with Crippen LogP contribution in [0.15, 0.2) is 29.8 Å². The Balaban J connectivity index is 2.17. The second-order valence-corrected chi connectivity index (χ2v) is 4.06. The van der Waals surface area contributed by atoms with Crippen LogP contribution in [0.2, 0.25) is 0 Å². The zero-order valence-electron chi connectivity index (χ0n) is 8.18. The molecule has 2 rings (SSSR count). The molecule has 0 aromatic carbocycles. The lowest BCUT2D eigenvalue weighted by molar-refractivity contribution is -0.113. The number of rotatable bonds is 3. The summed E-state index contributed by atoms with van der Waals surface area (Å²) in [6, 6.07) is 5.59. The first-order valence-corrected chi connectivity index (χ1v) is 5.94. The number of halogens is 1. The van der Waals surface area contributed by atoms with E-state index in [2.05, 4.69) is 15.3 Å². The molecule has 0 fully saturated rings. The van der Waals surface area contributed by atoms with Crippen LogP contribution in [-0.2, 0) is 4.79 Å². The maximum absolute atomic E-state index is 11.0. The Morgan fingerprint density at radius 2 is 2.31 bits per heavy atom. The van der Waals surface area contributed by atoms with E-state index in [4.69, 9.17) is 11.6 Å². The summed E-state index contributed by atoms with van der Waals surface area (Å²) in [5.74, 6) is -0.331. The Kier molecular flexibility index (Phi) is 3.48. The zero-order valence-corrected chi connectivity index (χ0v) is 9.76. The van der Waals surface area contributed by atoms with Crippen LogP contribution in [-0.4, -0.2) is 21.8 Å². The third-order valence-corrected chi connectivity index (χ3v) is 2.80. The Morgan fingerprint density at radius 3 is 3.00 bits per heavy atom. The molecule has 6 heteroatoms. The molecule has 82 valence electrons. The van der Waals surface area contributed by atoms with Gasteiger partial charge in [0.1, 0.15) is 11.6 Å². The lowest BCUT2D eigenvalue weighted by atomic mass is 10.3. The third kappa shape index (κ3) is 2.56. The largest absolute Gasteiger partial charge is 0.301 e. The van der Waals surface area contributed by atoms with Crippen LogP contribution in [0.25, 0.3) is 11.4 Å². The smallest absolute Gasteiger partial charge is 0.241 e. The maximum atomic E-state index is 11.0. The minimum absolute atomic E-state index is 0.0709. The van der Waals surface area contributed by atoms with Gasteiger partial charge in [-0.25, -0.2) is 4.98 Å². The molecule has 2 aromatic heterocycles. The van der Waals surface area contributed by atoms with Gasteiger partial charge in [-0.05, 0) is 12.1 Å². The number of alkyl halides is 1. The van der Waals surface area contributed by atoms with E-state index in [1.54, 1.807) is 6.20 Å². The molecule has 0 atom stereocenters. The van der Waals surface area contributed by atoms with Gasteiger partial charge in [0.2, 0.25) is 5.91 Å². The topological polar surface area (TPSA) is 54.9 Å². The number of hydrogen-bond acceptors (Lipinski definition) is 4. The van der Waals surface area contributed by atoms with Crippen molar-refractivity contribution in [2.75, 3.05) is 11.2 Å². The second kappa shape index (κ2) is 5.05. The summed E-state index contributed by atoms with van der Waals surface area (Å²) in [6.07, 6.45) is 1.70. The summed E-state index contributed by atoms with van der Waals surface area (Å²) in [5.41, 5.74) is 1.53. The minimum Gasteiger partial charge on any atom is -0.301 e. The maximum Gasteiger partial charge on any atom is 0.241 e. The van der Waals surface area contributed by atoms with Gasteiger partial charge in [0.05, 0.1) is 5.69 Å². The van der Waals surface area contributed by atoms with E-state index in [1.165, 1.54) is 11.3 Å². The van der Waals surface area contributed by atoms with Crippen molar-refractivity contribution in [3.63, 3.8) is 0 Å². The van der Waals surface area contributed by atoms with Crippen LogP contribution in [0.5, 0.6) is 0 Å². The van der Waals surface area contributed by atoms with Gasteiger partial charge in [-0.3, -0.25) is 9.78 Å². The number of carbonyl (C=O) groups excluding carboxylic acids is 1. The molecule has 0 aliphatic rings. The molecule has 2 heterocycles. The van der Waals surface area contributed by atoms with E-state index in [9.17, 15) is 4.79 Å². The lowest BCUT2D eigenvalue weighted by Gasteiger charge is -1.96. The van der Waals surface area contributed by atoms with Crippen molar-refractivity contribution < 1.29 is 4.79 Å². The Morgan fingerprint density at radius 1 is 1.44 bits per heavy atom. The van der Waals surface area contributed by atoms with Crippen LogP contribution in [0, 0.1) is 0 Å². The predicted molar refractivity (Wildman–Crippen MR) is 64.7 cm³/mol. The van der Waals surface area contributed by atoms with Gasteiger partial charge < -0.3 is 5.32 Å². The molecular weight excluding hydrogens is 246 g/mol. The van der Waals surface area contributed by atoms with Crippen molar-refractivity contribution in [2.24, 2.45) is 0 Å². The minimum atomic E-state index is -0.261. The van der Waals surface area contributed by atoms with E-state index in [1.807, 2.05) is 23.6 Å². The summed E-state index contributed by atoms with van der Waals surface area (Å²) >= 11 is 6.72. The van der Waals surface area contributed by atoms with Gasteiger partial charge in [-0.15, -0.1) is 22.9 Å². The van der Waals surface area contributed by atoms with Crippen molar-refractivity contribution in [1.29, 1.82) is 0 Å². The molecular formula is C10H8ClN3OS. The van der Waals surface area contributed by atoms with E-state index < -0.39 is 0 Å². The molecule has 0 unspecified atom stereocenters. The predicted octanol–water partition coefficient (Wildman–Crippen LogP) is 2.38. The van der Waals surface area contributed by atoms with Crippen LogP contribution in [0.4, 0.5) is 5.13 Å². The van der Waals surface area contributed by atoms with Crippen LogP contribution in [0.3, 0.4) is 0 Å². The van der Waals surface area contributed by atoms with Crippen molar-refractivity contribution >= 4 is 34.0 Å². The van der Waals surface area contributed by atoms with Gasteiger partial charge in [0, 0.05) is 11.6 Å². The van der Waals surface area contributed by atoms with Crippen molar-refractivity contribution in [2.45, 2.75) is 0 Å². The third-order valence-electron chi connectivity index (χ3n) is 1.80. The number of nitrogens with one attached hydrogen (secondary N) is 1. The quantitative estimate of drug-likeness (QED) is 0.855. The molecule has 0 aliphatic carbocycles. The standard InChI is InChI=1S/C10H8ClN3OS/c11-5-9(15)14-10-13-8(6-16-10)7-3-1-2-4-12-7/h1-4,6H,5H2,(H,13,14,15). The summed E-state index contributed by atoms with van der Waals surface area (Å²) in [6.45, 7) is 0. The van der Waals surface area contributed by atoms with Gasteiger partial charge in [-0.2, -0.15) is 0 Å². The van der Waals surface area contributed by atoms with Gasteiger partial charge in [0.25, 0.3) is 0 Å². The molecule has 0 bridgehead atoms. The van der Waals surface area contributed by atoms with E-state index in [0.717, 1.165) is 11.4 Å². The van der Waals surface area contributed by atoms with E-state index >= 15 is 0 Å². The fraction of sp³-hybridized carbons (Fsp3) is 0.100. The highest BCUT2D eigenvalue weighted by Gasteiger charge is 2.07. The summed E-state index contributed by atoms with van der Waals surface area (Å²) in [7, 11) is 0. The highest BCUT2D eigenvalue weighted by molar-refractivity contribution is 7.14. The van der Waals surface area contributed by atoms with Gasteiger partial charge in [0.15, 0.2) is 5.13 Å². The van der Waals surface area contributed by atoms with Gasteiger partial charge in [-0.1, -0.05) is 6.07 Å². The number of hydrogen-bond donors (Lipinski definition) is 1. The number of pyridine rings is 1. The number of aromatic nitrogens is 2. The van der Waals surface area contributed by atoms with Crippen molar-refractivity contribution in [3.05, 3.63) is 29.8 Å². The van der Waals surface area contributed by atoms with Crippen LogP contribution >= 0.6 is 22.9 Å². The van der Waals surface area contributed by atoms with Gasteiger partial charge >= 0.3 is 0 Å². The Hall–Kier alpha value is -1.46. The highest BCUT2D eigenvalue weighted by atomic mass is 35.5. The van der Waals surface area contributed by atoms with Crippen LogP contribution in [0.1, 0.15) is 0 Å². The Bertz CT molecular complexity index is 486. The average Bonchev–Trinajstić information content (AvgIpc) is 2.78. The number of carbonyl (C=O) groups is 1. The molecule has 1 N–H and O–H groups in total. The molecule has 0 saturated carbocycles. The molecule has 0 saturated heterocycles. The SMILES string of the molecule is O=C(CCl)Nc1nc(-c2ccccn2)cs1. The monoisotopic (exact) mass is 253 g/mol. The van der Waals surface area contributed by atoms with Crippen molar-refractivity contribution in [1.82, 2.24) is 9.97 Å². The molecule has 0 aliphatic heterocycles. The normalized spacial score (nSPS) is 10.1. The average molecular weight is 254 g/mol. The molecule has 16 heavy (non-hydrogen) atoms. The summed E-state index contributed by atoms with van der Waals surface area (Å²) < 4.78 is 0. The fourth-order valence-corrected chi connectivity index (χ4v) is 1.90. The zero-order chi connectivity index (χ0) is 11.4. The van der Waals surface area contributed by atoms with E-state index in [-0.39, 0.29) is 11.8 Å². The summed E-state index contributed by atoms with van der Waals surface area (Å²) in [4.78, 5) is 19.4. The molecule has 1 amide bonds. The molecule has 2 aromatic rings. The summed E-state index contributed by atoms with van der Waals surface area (Å²) in [5, 5.41) is 4.96. The van der Waals surface area contributed by atoms with Crippen LogP contribution < -0.4 is 5.32 Å². The lowest BCUT2D eigenvalue weighted by Crippen LogP contribution is -2.12.